The van der Waals surface area contributed by atoms with Gasteiger partial charge in [-0.1, -0.05) is 36.5 Å². The Morgan fingerprint density at radius 2 is 1.95 bits per heavy atom. The van der Waals surface area contributed by atoms with Crippen LogP contribution in [0.5, 0.6) is 0 Å². The number of halogens is 2. The van der Waals surface area contributed by atoms with Crippen molar-refractivity contribution in [2.75, 3.05) is 13.1 Å². The number of rotatable bonds is 4. The van der Waals surface area contributed by atoms with Crippen LogP contribution in [0, 0.1) is 0 Å². The molecule has 2 unspecified atom stereocenters. The average molecular weight is 301 g/mol. The fourth-order valence-electron chi connectivity index (χ4n) is 3.10. The van der Waals surface area contributed by atoms with Crippen LogP contribution in [0.3, 0.4) is 0 Å². The molecule has 2 nitrogen and oxygen atoms in total. The molecular weight excluding hydrogens is 279 g/mol. The summed E-state index contributed by atoms with van der Waals surface area (Å²) in [6.45, 7) is 3.97. The Bertz CT molecular complexity index is 402. The Kier molecular flexibility index (Phi) is 5.52. The van der Waals surface area contributed by atoms with Crippen LogP contribution < -0.4 is 5.73 Å². The van der Waals surface area contributed by atoms with Gasteiger partial charge in [0.25, 0.3) is 0 Å². The smallest absolute Gasteiger partial charge is 0.0474 e. The third kappa shape index (κ3) is 3.63. The quantitative estimate of drug-likeness (QED) is 0.900. The van der Waals surface area contributed by atoms with E-state index in [4.69, 9.17) is 28.9 Å². The van der Waals surface area contributed by atoms with E-state index in [1.807, 2.05) is 12.1 Å². The van der Waals surface area contributed by atoms with Crippen molar-refractivity contribution >= 4 is 23.2 Å². The summed E-state index contributed by atoms with van der Waals surface area (Å²) in [4.78, 5) is 2.53. The van der Waals surface area contributed by atoms with Gasteiger partial charge >= 0.3 is 0 Å². The van der Waals surface area contributed by atoms with Gasteiger partial charge in [0.1, 0.15) is 0 Å². The molecule has 0 amide bonds. The fourth-order valence-corrected chi connectivity index (χ4v) is 3.65. The Morgan fingerprint density at radius 3 is 2.53 bits per heavy atom. The van der Waals surface area contributed by atoms with Crippen LogP contribution in [0.15, 0.2) is 18.2 Å². The van der Waals surface area contributed by atoms with E-state index < -0.39 is 0 Å². The van der Waals surface area contributed by atoms with Gasteiger partial charge in [-0.25, -0.2) is 0 Å². The number of benzene rings is 1. The first-order chi connectivity index (χ1) is 9.15. The van der Waals surface area contributed by atoms with Gasteiger partial charge in [-0.2, -0.15) is 0 Å². The zero-order valence-corrected chi connectivity index (χ0v) is 12.9. The minimum Gasteiger partial charge on any atom is -0.329 e. The van der Waals surface area contributed by atoms with Crippen LogP contribution in [-0.2, 0) is 0 Å². The molecule has 1 fully saturated rings. The highest BCUT2D eigenvalue weighted by molar-refractivity contribution is 6.34. The number of hydrogen-bond acceptors (Lipinski definition) is 2. The Morgan fingerprint density at radius 1 is 1.26 bits per heavy atom. The summed E-state index contributed by atoms with van der Waals surface area (Å²) in [7, 11) is 0. The van der Waals surface area contributed by atoms with Crippen molar-refractivity contribution in [2.45, 2.75) is 44.7 Å². The highest BCUT2D eigenvalue weighted by atomic mass is 35.5. The van der Waals surface area contributed by atoms with Crippen LogP contribution in [0.25, 0.3) is 0 Å². The summed E-state index contributed by atoms with van der Waals surface area (Å²) in [5, 5.41) is 1.37. The van der Waals surface area contributed by atoms with Crippen LogP contribution in [0.1, 0.15) is 44.2 Å². The SMILES string of the molecule is CCC1CCCCN1C(CN)c1cc(Cl)cc(Cl)c1. The van der Waals surface area contributed by atoms with Crippen molar-refractivity contribution in [1.82, 2.24) is 4.90 Å². The lowest BCUT2D eigenvalue weighted by Crippen LogP contribution is -2.44. The summed E-state index contributed by atoms with van der Waals surface area (Å²) in [6.07, 6.45) is 5.01. The molecule has 0 aromatic heterocycles. The molecule has 19 heavy (non-hydrogen) atoms. The summed E-state index contributed by atoms with van der Waals surface area (Å²) < 4.78 is 0. The number of nitrogens with zero attached hydrogens (tertiary/aromatic N) is 1. The molecule has 1 saturated heterocycles. The molecule has 1 heterocycles. The molecule has 0 spiro atoms. The molecule has 4 heteroatoms. The maximum Gasteiger partial charge on any atom is 0.0474 e. The first-order valence-corrected chi connectivity index (χ1v) is 7.83. The van der Waals surface area contributed by atoms with Gasteiger partial charge in [0.05, 0.1) is 0 Å². The number of likely N-dealkylation sites (tertiary alicyclic amines) is 1. The second-order valence-corrected chi connectivity index (χ2v) is 6.12. The van der Waals surface area contributed by atoms with E-state index in [2.05, 4.69) is 11.8 Å². The predicted molar refractivity (Wildman–Crippen MR) is 82.9 cm³/mol. The summed E-state index contributed by atoms with van der Waals surface area (Å²) >= 11 is 12.2. The van der Waals surface area contributed by atoms with Crippen LogP contribution >= 0.6 is 23.2 Å². The highest BCUT2D eigenvalue weighted by Gasteiger charge is 2.28. The van der Waals surface area contributed by atoms with E-state index in [1.165, 1.54) is 25.7 Å². The van der Waals surface area contributed by atoms with Gasteiger partial charge in [-0.15, -0.1) is 0 Å². The maximum atomic E-state index is 6.12. The van der Waals surface area contributed by atoms with Crippen LogP contribution in [-0.4, -0.2) is 24.0 Å². The topological polar surface area (TPSA) is 29.3 Å². The van der Waals surface area contributed by atoms with Crippen molar-refractivity contribution in [1.29, 1.82) is 0 Å². The molecule has 0 saturated carbocycles. The van der Waals surface area contributed by atoms with Gasteiger partial charge in [-0.05, 0) is 49.6 Å². The number of piperidine rings is 1. The van der Waals surface area contributed by atoms with Crippen molar-refractivity contribution in [3.63, 3.8) is 0 Å². The molecule has 2 N–H and O–H groups in total. The number of hydrogen-bond donors (Lipinski definition) is 1. The fraction of sp³-hybridized carbons (Fsp3) is 0.600. The van der Waals surface area contributed by atoms with E-state index in [-0.39, 0.29) is 6.04 Å². The van der Waals surface area contributed by atoms with E-state index in [0.717, 1.165) is 12.1 Å². The van der Waals surface area contributed by atoms with E-state index in [1.54, 1.807) is 6.07 Å². The van der Waals surface area contributed by atoms with Crippen LogP contribution in [0.4, 0.5) is 0 Å². The minimum absolute atomic E-state index is 0.224. The van der Waals surface area contributed by atoms with E-state index in [9.17, 15) is 0 Å². The summed E-state index contributed by atoms with van der Waals surface area (Å²) in [5.41, 5.74) is 7.16. The van der Waals surface area contributed by atoms with Gasteiger partial charge in [0.15, 0.2) is 0 Å². The summed E-state index contributed by atoms with van der Waals surface area (Å²) in [6, 6.07) is 6.60. The molecule has 0 radical (unpaired) electrons. The third-order valence-corrected chi connectivity index (χ3v) is 4.47. The van der Waals surface area contributed by atoms with E-state index in [0.29, 0.717) is 22.6 Å². The molecule has 1 aliphatic heterocycles. The molecule has 2 rings (SSSR count). The molecule has 1 aromatic rings. The monoisotopic (exact) mass is 300 g/mol. The minimum atomic E-state index is 0.224. The lowest BCUT2D eigenvalue weighted by Gasteiger charge is -2.41. The standard InChI is InChI=1S/C15H22Cl2N2/c1-2-14-5-3-4-6-19(14)15(10-18)11-7-12(16)9-13(17)8-11/h7-9,14-15H,2-6,10,18H2,1H3. The normalized spacial score (nSPS) is 22.4. The molecule has 0 aliphatic carbocycles. The zero-order valence-electron chi connectivity index (χ0n) is 11.4. The van der Waals surface area contributed by atoms with Crippen molar-refractivity contribution < 1.29 is 0 Å². The lowest BCUT2D eigenvalue weighted by atomic mass is 9.95. The zero-order chi connectivity index (χ0) is 13.8. The highest BCUT2D eigenvalue weighted by Crippen LogP contribution is 2.32. The maximum absolute atomic E-state index is 6.12. The summed E-state index contributed by atoms with van der Waals surface area (Å²) in [5.74, 6) is 0. The van der Waals surface area contributed by atoms with Gasteiger partial charge < -0.3 is 5.73 Å². The van der Waals surface area contributed by atoms with Crippen molar-refractivity contribution in [3.8, 4) is 0 Å². The molecular formula is C15H22Cl2N2. The first-order valence-electron chi connectivity index (χ1n) is 7.07. The Hall–Kier alpha value is -0.280. The largest absolute Gasteiger partial charge is 0.329 e. The van der Waals surface area contributed by atoms with Crippen molar-refractivity contribution in [2.24, 2.45) is 5.73 Å². The first kappa shape index (κ1) is 15.1. The predicted octanol–water partition coefficient (Wildman–Crippen LogP) is 4.26. The Labute approximate surface area is 125 Å². The average Bonchev–Trinajstić information content (AvgIpc) is 2.39. The molecule has 2 atom stereocenters. The molecule has 1 aliphatic rings. The molecule has 1 aromatic carbocycles. The second-order valence-electron chi connectivity index (χ2n) is 5.25. The van der Waals surface area contributed by atoms with Crippen molar-refractivity contribution in [3.05, 3.63) is 33.8 Å². The van der Waals surface area contributed by atoms with E-state index >= 15 is 0 Å². The van der Waals surface area contributed by atoms with Gasteiger partial charge in [0, 0.05) is 28.7 Å². The number of nitrogens with two attached hydrogens (primary N) is 1. The molecule has 106 valence electrons. The van der Waals surface area contributed by atoms with Gasteiger partial charge in [-0.3, -0.25) is 4.90 Å². The molecule has 0 bridgehead atoms. The third-order valence-electron chi connectivity index (χ3n) is 4.04. The second kappa shape index (κ2) is 6.94. The van der Waals surface area contributed by atoms with Gasteiger partial charge in [0.2, 0.25) is 0 Å². The Balaban J connectivity index is 2.27. The van der Waals surface area contributed by atoms with Crippen LogP contribution in [0.2, 0.25) is 10.0 Å². The lowest BCUT2D eigenvalue weighted by molar-refractivity contribution is 0.0949.